The number of aryl methyl sites for hydroxylation is 1. The highest BCUT2D eigenvalue weighted by Gasteiger charge is 2.10. The highest BCUT2D eigenvalue weighted by Crippen LogP contribution is 2.28. The van der Waals surface area contributed by atoms with Crippen LogP contribution in [0.1, 0.15) is 5.56 Å². The molecule has 17 heavy (non-hydrogen) atoms. The van der Waals surface area contributed by atoms with Crippen LogP contribution in [0.4, 0.5) is 5.95 Å². The molecule has 88 valence electrons. The van der Waals surface area contributed by atoms with Gasteiger partial charge in [-0.2, -0.15) is 9.97 Å². The third kappa shape index (κ3) is 2.47. The lowest BCUT2D eigenvalue weighted by atomic mass is 10.1. The average molecular weight is 248 g/mol. The number of rotatable bonds is 2. The second kappa shape index (κ2) is 4.58. The molecule has 0 fully saturated rings. The summed E-state index contributed by atoms with van der Waals surface area (Å²) in [5.41, 5.74) is 7.18. The minimum Gasteiger partial charge on any atom is -0.507 e. The van der Waals surface area contributed by atoms with Gasteiger partial charge in [-0.1, -0.05) is 23.4 Å². The molecule has 0 unspecified atom stereocenters. The third-order valence-electron chi connectivity index (χ3n) is 2.21. The summed E-state index contributed by atoms with van der Waals surface area (Å²) in [7, 11) is 0. The molecule has 1 aromatic carbocycles. The maximum Gasteiger partial charge on any atom is 0.224 e. The first kappa shape index (κ1) is 11.7. The van der Waals surface area contributed by atoms with Gasteiger partial charge in [0.2, 0.25) is 5.95 Å². The van der Waals surface area contributed by atoms with E-state index in [9.17, 15) is 5.11 Å². The van der Waals surface area contributed by atoms with E-state index in [0.29, 0.717) is 16.5 Å². The Hall–Kier alpha value is -1.82. The van der Waals surface area contributed by atoms with E-state index in [2.05, 4.69) is 15.0 Å². The molecule has 0 amide bonds. The SMILES string of the molecule is CSc1nc(N)nc(-c2cc(C)ccc2O)n1. The number of nitrogens with zero attached hydrogens (tertiary/aromatic N) is 3. The molecule has 0 aliphatic rings. The topological polar surface area (TPSA) is 84.9 Å². The van der Waals surface area contributed by atoms with E-state index >= 15 is 0 Å². The summed E-state index contributed by atoms with van der Waals surface area (Å²) in [6.45, 7) is 1.93. The first-order valence-corrected chi connectivity index (χ1v) is 6.18. The van der Waals surface area contributed by atoms with Gasteiger partial charge in [0.15, 0.2) is 11.0 Å². The molecule has 0 aliphatic heterocycles. The van der Waals surface area contributed by atoms with Crippen LogP contribution >= 0.6 is 11.8 Å². The Morgan fingerprint density at radius 3 is 2.71 bits per heavy atom. The molecule has 2 aromatic rings. The fourth-order valence-electron chi connectivity index (χ4n) is 1.41. The second-order valence-electron chi connectivity index (χ2n) is 3.52. The Morgan fingerprint density at radius 2 is 2.00 bits per heavy atom. The van der Waals surface area contributed by atoms with Crippen molar-refractivity contribution in [1.82, 2.24) is 15.0 Å². The molecule has 0 saturated heterocycles. The third-order valence-corrected chi connectivity index (χ3v) is 2.76. The van der Waals surface area contributed by atoms with E-state index in [1.807, 2.05) is 25.3 Å². The average Bonchev–Trinajstić information content (AvgIpc) is 2.31. The van der Waals surface area contributed by atoms with Crippen LogP contribution in [-0.4, -0.2) is 26.3 Å². The highest BCUT2D eigenvalue weighted by atomic mass is 32.2. The normalized spacial score (nSPS) is 10.5. The highest BCUT2D eigenvalue weighted by molar-refractivity contribution is 7.98. The molecule has 2 rings (SSSR count). The molecule has 1 aromatic heterocycles. The van der Waals surface area contributed by atoms with Gasteiger partial charge in [0.1, 0.15) is 5.75 Å². The Kier molecular flexibility index (Phi) is 3.14. The van der Waals surface area contributed by atoms with E-state index < -0.39 is 0 Å². The summed E-state index contributed by atoms with van der Waals surface area (Å²) < 4.78 is 0. The van der Waals surface area contributed by atoms with Crippen molar-refractivity contribution < 1.29 is 5.11 Å². The van der Waals surface area contributed by atoms with Gasteiger partial charge in [-0.3, -0.25) is 0 Å². The van der Waals surface area contributed by atoms with Crippen LogP contribution in [0.5, 0.6) is 5.75 Å². The van der Waals surface area contributed by atoms with E-state index in [1.165, 1.54) is 11.8 Å². The number of phenolic OH excluding ortho intramolecular Hbond substituents is 1. The molecule has 0 aliphatic carbocycles. The van der Waals surface area contributed by atoms with Crippen molar-refractivity contribution in [2.45, 2.75) is 12.1 Å². The number of benzene rings is 1. The Balaban J connectivity index is 2.59. The van der Waals surface area contributed by atoms with Crippen LogP contribution in [0.2, 0.25) is 0 Å². The summed E-state index contributed by atoms with van der Waals surface area (Å²) >= 11 is 1.38. The van der Waals surface area contributed by atoms with Crippen LogP contribution in [0, 0.1) is 6.92 Å². The quantitative estimate of drug-likeness (QED) is 0.789. The zero-order valence-electron chi connectivity index (χ0n) is 9.51. The number of hydrogen-bond acceptors (Lipinski definition) is 6. The van der Waals surface area contributed by atoms with E-state index in [1.54, 1.807) is 6.07 Å². The van der Waals surface area contributed by atoms with Crippen LogP contribution in [0.15, 0.2) is 23.4 Å². The maximum absolute atomic E-state index is 9.79. The zero-order valence-corrected chi connectivity index (χ0v) is 10.3. The first-order chi connectivity index (χ1) is 8.10. The van der Waals surface area contributed by atoms with Gasteiger partial charge in [0.25, 0.3) is 0 Å². The van der Waals surface area contributed by atoms with Crippen LogP contribution in [0.25, 0.3) is 11.4 Å². The number of aromatic hydroxyl groups is 1. The summed E-state index contributed by atoms with van der Waals surface area (Å²) in [4.78, 5) is 12.2. The van der Waals surface area contributed by atoms with E-state index in [-0.39, 0.29) is 11.7 Å². The molecule has 5 nitrogen and oxygen atoms in total. The molecule has 3 N–H and O–H groups in total. The molecular formula is C11H12N4OS. The lowest BCUT2D eigenvalue weighted by Gasteiger charge is -2.06. The maximum atomic E-state index is 9.79. The Labute approximate surface area is 103 Å². The van der Waals surface area contributed by atoms with E-state index in [4.69, 9.17) is 5.73 Å². The van der Waals surface area contributed by atoms with Crippen molar-refractivity contribution in [3.05, 3.63) is 23.8 Å². The summed E-state index contributed by atoms with van der Waals surface area (Å²) in [6, 6.07) is 5.25. The fourth-order valence-corrected chi connectivity index (χ4v) is 1.78. The minimum absolute atomic E-state index is 0.133. The summed E-state index contributed by atoms with van der Waals surface area (Å²) in [5.74, 6) is 0.677. The molecule has 6 heteroatoms. The van der Waals surface area contributed by atoms with Crippen molar-refractivity contribution in [3.63, 3.8) is 0 Å². The smallest absolute Gasteiger partial charge is 0.224 e. The molecule has 0 bridgehead atoms. The number of thioether (sulfide) groups is 1. The number of anilines is 1. The predicted octanol–water partition coefficient (Wildman–Crippen LogP) is 1.86. The molecule has 0 atom stereocenters. The second-order valence-corrected chi connectivity index (χ2v) is 4.30. The predicted molar refractivity (Wildman–Crippen MR) is 67.9 cm³/mol. The van der Waals surface area contributed by atoms with Gasteiger partial charge >= 0.3 is 0 Å². The van der Waals surface area contributed by atoms with Gasteiger partial charge in [-0.15, -0.1) is 0 Å². The molecular weight excluding hydrogens is 236 g/mol. The van der Waals surface area contributed by atoms with Crippen LogP contribution < -0.4 is 5.73 Å². The van der Waals surface area contributed by atoms with Gasteiger partial charge in [0.05, 0.1) is 5.56 Å². The lowest BCUT2D eigenvalue weighted by molar-refractivity contribution is 0.476. The number of phenols is 1. The number of aromatic nitrogens is 3. The number of hydrogen-bond donors (Lipinski definition) is 2. The van der Waals surface area contributed by atoms with Gasteiger partial charge < -0.3 is 10.8 Å². The van der Waals surface area contributed by atoms with Gasteiger partial charge in [-0.05, 0) is 25.3 Å². The molecule has 0 spiro atoms. The Bertz CT molecular complexity index is 559. The van der Waals surface area contributed by atoms with E-state index in [0.717, 1.165) is 5.56 Å². The van der Waals surface area contributed by atoms with Crippen molar-refractivity contribution in [3.8, 4) is 17.1 Å². The van der Waals surface area contributed by atoms with Gasteiger partial charge in [-0.25, -0.2) is 4.98 Å². The molecule has 0 saturated carbocycles. The standard InChI is InChI=1S/C11H12N4OS/c1-6-3-4-8(16)7(5-6)9-13-10(12)15-11(14-9)17-2/h3-5,16H,1-2H3,(H2,12,13,14,15). The molecule has 1 heterocycles. The summed E-state index contributed by atoms with van der Waals surface area (Å²) in [5, 5.41) is 10.3. The van der Waals surface area contributed by atoms with Crippen molar-refractivity contribution in [1.29, 1.82) is 0 Å². The van der Waals surface area contributed by atoms with Crippen molar-refractivity contribution in [2.75, 3.05) is 12.0 Å². The minimum atomic E-state index is 0.133. The zero-order chi connectivity index (χ0) is 12.4. The lowest BCUT2D eigenvalue weighted by Crippen LogP contribution is -2.01. The van der Waals surface area contributed by atoms with Crippen LogP contribution in [0.3, 0.4) is 0 Å². The van der Waals surface area contributed by atoms with Crippen molar-refractivity contribution in [2.24, 2.45) is 0 Å². The van der Waals surface area contributed by atoms with Crippen LogP contribution in [-0.2, 0) is 0 Å². The summed E-state index contributed by atoms with van der Waals surface area (Å²) in [6.07, 6.45) is 1.86. The fraction of sp³-hybridized carbons (Fsp3) is 0.182. The number of nitrogen functional groups attached to an aromatic ring is 1. The first-order valence-electron chi connectivity index (χ1n) is 4.95. The monoisotopic (exact) mass is 248 g/mol. The number of nitrogens with two attached hydrogens (primary N) is 1. The molecule has 0 radical (unpaired) electrons. The van der Waals surface area contributed by atoms with Crippen molar-refractivity contribution >= 4 is 17.7 Å². The Morgan fingerprint density at radius 1 is 1.24 bits per heavy atom. The van der Waals surface area contributed by atoms with Gasteiger partial charge in [0, 0.05) is 0 Å². The largest absolute Gasteiger partial charge is 0.507 e.